The van der Waals surface area contributed by atoms with Crippen molar-refractivity contribution in [3.05, 3.63) is 71.3 Å². The number of aliphatic hydroxyl groups excluding tert-OH is 1. The maximum atomic E-state index is 13.0. The Bertz CT molecular complexity index is 1110. The Morgan fingerprint density at radius 2 is 1.61 bits per heavy atom. The molecule has 10 nitrogen and oxygen atoms in total. The van der Waals surface area contributed by atoms with Crippen LogP contribution in [0, 0.1) is 11.3 Å². The zero-order valence-electron chi connectivity index (χ0n) is 19.9. The molecule has 2 amide bonds. The number of piperidine rings is 1. The van der Waals surface area contributed by atoms with Crippen molar-refractivity contribution in [3.63, 3.8) is 0 Å². The van der Waals surface area contributed by atoms with Crippen LogP contribution in [0.5, 0.6) is 0 Å². The first kappa shape index (κ1) is 26.6. The number of hydrogen-bond acceptors (Lipinski definition) is 8. The van der Waals surface area contributed by atoms with Crippen LogP contribution in [0.15, 0.2) is 54.6 Å². The number of hydrogen-bond donors (Lipinski definition) is 3. The van der Waals surface area contributed by atoms with Gasteiger partial charge in [0.2, 0.25) is 12.7 Å². The number of aliphatic hydroxyl groups is 1. The second-order valence-corrected chi connectivity index (χ2v) is 8.48. The van der Waals surface area contributed by atoms with E-state index in [1.165, 1.54) is 12.1 Å². The molecule has 0 bridgehead atoms. The number of likely N-dealkylation sites (tertiary alicyclic amines) is 1. The minimum absolute atomic E-state index is 0.0674. The van der Waals surface area contributed by atoms with Crippen LogP contribution in [-0.2, 0) is 14.3 Å². The van der Waals surface area contributed by atoms with E-state index in [0.29, 0.717) is 31.5 Å². The van der Waals surface area contributed by atoms with Crippen molar-refractivity contribution >= 4 is 29.6 Å². The van der Waals surface area contributed by atoms with Crippen LogP contribution in [0.3, 0.4) is 0 Å². The number of ether oxygens (including phenoxy) is 2. The molecule has 1 aliphatic heterocycles. The van der Waals surface area contributed by atoms with Gasteiger partial charge in [-0.2, -0.15) is 0 Å². The Kier molecular flexibility index (Phi) is 9.29. The molecule has 0 aliphatic carbocycles. The number of carbonyl (C=O) groups excluding carboxylic acids is 4. The van der Waals surface area contributed by atoms with Crippen molar-refractivity contribution in [1.82, 2.24) is 10.2 Å². The number of amides is 2. The van der Waals surface area contributed by atoms with Gasteiger partial charge in [-0.1, -0.05) is 49.4 Å². The van der Waals surface area contributed by atoms with E-state index in [-0.39, 0.29) is 35.1 Å². The fourth-order valence-electron chi connectivity index (χ4n) is 3.82. The van der Waals surface area contributed by atoms with Crippen LogP contribution in [-0.4, -0.2) is 65.6 Å². The standard InChI is InChI=1S/C26H29N3O7/c1-17(24(32)29-13-11-19(30)12-14-29)15-22(31)20-9-5-6-10-21(20)23(27)28-26(34)36-16-35-25(33)18-7-3-2-4-8-18/h2-10,17,19,30H,11-16H2,1H3,(H2,27,28,34). The van der Waals surface area contributed by atoms with E-state index >= 15 is 0 Å². The van der Waals surface area contributed by atoms with Crippen LogP contribution < -0.4 is 5.32 Å². The highest BCUT2D eigenvalue weighted by Crippen LogP contribution is 2.19. The summed E-state index contributed by atoms with van der Waals surface area (Å²) < 4.78 is 9.68. The summed E-state index contributed by atoms with van der Waals surface area (Å²) in [5.41, 5.74) is 0.653. The summed E-state index contributed by atoms with van der Waals surface area (Å²) in [5, 5.41) is 20.1. The Morgan fingerprint density at radius 1 is 1.00 bits per heavy atom. The molecule has 3 rings (SSSR count). The number of ketones is 1. The number of rotatable bonds is 8. The average molecular weight is 496 g/mol. The summed E-state index contributed by atoms with van der Waals surface area (Å²) in [4.78, 5) is 51.3. The molecule has 1 aliphatic rings. The molecular formula is C26H29N3O7. The summed E-state index contributed by atoms with van der Waals surface area (Å²) in [5.74, 6) is -2.12. The first-order valence-corrected chi connectivity index (χ1v) is 11.6. The SMILES string of the molecule is CC(CC(=O)c1ccccc1C(=N)NC(=O)OCOC(=O)c1ccccc1)C(=O)N1CCC(O)CC1. The van der Waals surface area contributed by atoms with Crippen LogP contribution in [0.25, 0.3) is 0 Å². The third kappa shape index (κ3) is 7.22. The number of carbonyl (C=O) groups is 4. The largest absolute Gasteiger partial charge is 0.424 e. The smallest absolute Gasteiger partial charge is 0.415 e. The highest BCUT2D eigenvalue weighted by Gasteiger charge is 2.27. The number of amidine groups is 1. The lowest BCUT2D eigenvalue weighted by atomic mass is 9.94. The van der Waals surface area contributed by atoms with Crippen LogP contribution in [0.1, 0.15) is 52.5 Å². The molecule has 190 valence electrons. The second-order valence-electron chi connectivity index (χ2n) is 8.48. The van der Waals surface area contributed by atoms with Crippen molar-refractivity contribution < 1.29 is 33.8 Å². The maximum absolute atomic E-state index is 13.0. The normalized spacial score (nSPS) is 14.4. The highest BCUT2D eigenvalue weighted by molar-refractivity contribution is 6.12. The highest BCUT2D eigenvalue weighted by atomic mass is 16.7. The quantitative estimate of drug-likeness (QED) is 0.168. The molecule has 0 aromatic heterocycles. The van der Waals surface area contributed by atoms with Crippen LogP contribution in [0.2, 0.25) is 0 Å². The monoisotopic (exact) mass is 495 g/mol. The van der Waals surface area contributed by atoms with E-state index in [9.17, 15) is 24.3 Å². The lowest BCUT2D eigenvalue weighted by molar-refractivity contribution is -0.136. The topological polar surface area (TPSA) is 146 Å². The van der Waals surface area contributed by atoms with Crippen molar-refractivity contribution in [2.75, 3.05) is 19.9 Å². The van der Waals surface area contributed by atoms with Crippen molar-refractivity contribution in [1.29, 1.82) is 5.41 Å². The van der Waals surface area contributed by atoms with E-state index in [1.807, 2.05) is 0 Å². The molecule has 2 aromatic carbocycles. The first-order valence-electron chi connectivity index (χ1n) is 11.6. The van der Waals surface area contributed by atoms with E-state index in [0.717, 1.165) is 0 Å². The van der Waals surface area contributed by atoms with E-state index < -0.39 is 30.9 Å². The third-order valence-corrected chi connectivity index (χ3v) is 5.80. The van der Waals surface area contributed by atoms with Crippen molar-refractivity contribution in [3.8, 4) is 0 Å². The molecule has 3 N–H and O–H groups in total. The van der Waals surface area contributed by atoms with Gasteiger partial charge in [0.05, 0.1) is 11.7 Å². The molecule has 0 radical (unpaired) electrons. The fourth-order valence-corrected chi connectivity index (χ4v) is 3.82. The van der Waals surface area contributed by atoms with Gasteiger partial charge in [-0.05, 0) is 25.0 Å². The number of alkyl carbamates (subject to hydrolysis) is 1. The van der Waals surface area contributed by atoms with Gasteiger partial charge in [-0.25, -0.2) is 9.59 Å². The van der Waals surface area contributed by atoms with Gasteiger partial charge < -0.3 is 19.5 Å². The van der Waals surface area contributed by atoms with Gasteiger partial charge in [-0.3, -0.25) is 20.3 Å². The number of nitrogens with zero attached hydrogens (tertiary/aromatic N) is 1. The average Bonchev–Trinajstić information content (AvgIpc) is 2.89. The maximum Gasteiger partial charge on any atom is 0.415 e. The molecular weight excluding hydrogens is 466 g/mol. The Labute approximate surface area is 208 Å². The predicted molar refractivity (Wildman–Crippen MR) is 130 cm³/mol. The zero-order valence-corrected chi connectivity index (χ0v) is 19.9. The molecule has 36 heavy (non-hydrogen) atoms. The lowest BCUT2D eigenvalue weighted by Gasteiger charge is -2.31. The number of Topliss-reactive ketones (excluding diaryl/α,β-unsaturated/α-hetero) is 1. The summed E-state index contributed by atoms with van der Waals surface area (Å²) in [7, 11) is 0. The molecule has 0 saturated carbocycles. The van der Waals surface area contributed by atoms with E-state index in [2.05, 4.69) is 5.32 Å². The van der Waals surface area contributed by atoms with Gasteiger partial charge in [0.1, 0.15) is 5.84 Å². The van der Waals surface area contributed by atoms with Gasteiger partial charge in [0.15, 0.2) is 5.78 Å². The lowest BCUT2D eigenvalue weighted by Crippen LogP contribution is -2.43. The van der Waals surface area contributed by atoms with E-state index in [4.69, 9.17) is 14.9 Å². The molecule has 1 unspecified atom stereocenters. The molecule has 1 fully saturated rings. The Balaban J connectivity index is 1.53. The molecule has 2 aromatic rings. The van der Waals surface area contributed by atoms with Crippen molar-refractivity contribution in [2.24, 2.45) is 5.92 Å². The molecule has 0 spiro atoms. The summed E-state index contributed by atoms with van der Waals surface area (Å²) in [6, 6.07) is 14.5. The second kappa shape index (κ2) is 12.6. The number of esters is 1. The van der Waals surface area contributed by atoms with Crippen LogP contribution in [0.4, 0.5) is 4.79 Å². The first-order chi connectivity index (χ1) is 17.3. The summed E-state index contributed by atoms with van der Waals surface area (Å²) in [6.07, 6.45) is -0.473. The number of benzene rings is 2. The van der Waals surface area contributed by atoms with E-state index in [1.54, 1.807) is 54.3 Å². The summed E-state index contributed by atoms with van der Waals surface area (Å²) >= 11 is 0. The zero-order chi connectivity index (χ0) is 26.1. The Hall–Kier alpha value is -4.05. The number of nitrogens with one attached hydrogen (secondary N) is 2. The minimum Gasteiger partial charge on any atom is -0.424 e. The Morgan fingerprint density at radius 3 is 2.28 bits per heavy atom. The molecule has 1 atom stereocenters. The third-order valence-electron chi connectivity index (χ3n) is 5.80. The molecule has 1 saturated heterocycles. The van der Waals surface area contributed by atoms with Crippen molar-refractivity contribution in [2.45, 2.75) is 32.3 Å². The van der Waals surface area contributed by atoms with Gasteiger partial charge in [0.25, 0.3) is 0 Å². The van der Waals surface area contributed by atoms with Gasteiger partial charge >= 0.3 is 12.1 Å². The minimum atomic E-state index is -1.03. The molecule has 10 heteroatoms. The van der Waals surface area contributed by atoms with Gasteiger partial charge in [0, 0.05) is 36.6 Å². The van der Waals surface area contributed by atoms with Crippen LogP contribution >= 0.6 is 0 Å². The van der Waals surface area contributed by atoms with Gasteiger partial charge in [-0.15, -0.1) is 0 Å². The fraction of sp³-hybridized carbons (Fsp3) is 0.346. The predicted octanol–water partition coefficient (Wildman–Crippen LogP) is 2.74. The molecule has 1 heterocycles. The summed E-state index contributed by atoms with van der Waals surface area (Å²) in [6.45, 7) is 1.92.